The average Bonchev–Trinajstić information content (AvgIpc) is 2.43. The van der Waals surface area contributed by atoms with E-state index in [1.165, 1.54) is 0 Å². The number of aryl methyl sites for hydroxylation is 1. The summed E-state index contributed by atoms with van der Waals surface area (Å²) in [7, 11) is 1.72. The fraction of sp³-hybridized carbons (Fsp3) is 0.111. The topological polar surface area (TPSA) is 55.1 Å². The van der Waals surface area contributed by atoms with Crippen molar-refractivity contribution in [1.82, 2.24) is 9.78 Å². The Morgan fingerprint density at radius 3 is 2.93 bits per heavy atom. The van der Waals surface area contributed by atoms with Crippen LogP contribution in [0.1, 0.15) is 10.5 Å². The molecule has 0 atom stereocenters. The Balaban J connectivity index is 2.85. The van der Waals surface area contributed by atoms with Crippen LogP contribution in [-0.4, -0.2) is 20.9 Å². The van der Waals surface area contributed by atoms with Gasteiger partial charge in [0.25, 0.3) is 0 Å². The van der Waals surface area contributed by atoms with Crippen LogP contribution in [0.4, 0.5) is 0 Å². The van der Waals surface area contributed by atoms with Gasteiger partial charge in [0, 0.05) is 16.9 Å². The number of halogens is 1. The van der Waals surface area contributed by atoms with Crippen LogP contribution in [0.2, 0.25) is 0 Å². The van der Waals surface area contributed by atoms with Gasteiger partial charge in [0.1, 0.15) is 0 Å². The van der Waals surface area contributed by atoms with Gasteiger partial charge in [-0.1, -0.05) is 15.9 Å². The van der Waals surface area contributed by atoms with Gasteiger partial charge in [-0.05, 0) is 18.2 Å². The highest BCUT2D eigenvalue weighted by Gasteiger charge is 2.14. The Labute approximate surface area is 88.3 Å². The number of carbonyl (C=O) groups is 1. The van der Waals surface area contributed by atoms with Crippen LogP contribution in [0.5, 0.6) is 0 Å². The molecule has 1 N–H and O–H groups in total. The average molecular weight is 255 g/mol. The molecule has 0 aliphatic carbocycles. The molecule has 1 aromatic heterocycles. The molecule has 0 aliphatic rings. The predicted octanol–water partition coefficient (Wildman–Crippen LogP) is 2.03. The molecule has 0 spiro atoms. The Kier molecular flexibility index (Phi) is 2.03. The van der Waals surface area contributed by atoms with Gasteiger partial charge in [-0.15, -0.1) is 0 Å². The number of aromatic carboxylic acids is 1. The maximum atomic E-state index is 10.8. The van der Waals surface area contributed by atoms with Crippen molar-refractivity contribution in [2.75, 3.05) is 0 Å². The molecule has 72 valence electrons. The molecule has 0 saturated heterocycles. The van der Waals surface area contributed by atoms with Crippen molar-refractivity contribution in [3.05, 3.63) is 28.4 Å². The summed E-state index contributed by atoms with van der Waals surface area (Å²) in [6.07, 6.45) is 0. The molecule has 4 nitrogen and oxygen atoms in total. The first-order valence-electron chi connectivity index (χ1n) is 3.95. The number of hydrogen-bond acceptors (Lipinski definition) is 2. The lowest BCUT2D eigenvalue weighted by Gasteiger charge is -1.93. The van der Waals surface area contributed by atoms with E-state index in [4.69, 9.17) is 5.11 Å². The fourth-order valence-corrected chi connectivity index (χ4v) is 1.76. The summed E-state index contributed by atoms with van der Waals surface area (Å²) in [5.74, 6) is -1.01. The van der Waals surface area contributed by atoms with Gasteiger partial charge in [-0.3, -0.25) is 4.68 Å². The highest BCUT2D eigenvalue weighted by molar-refractivity contribution is 9.10. The van der Waals surface area contributed by atoms with E-state index >= 15 is 0 Å². The van der Waals surface area contributed by atoms with Gasteiger partial charge in [0.2, 0.25) is 0 Å². The highest BCUT2D eigenvalue weighted by atomic mass is 79.9. The van der Waals surface area contributed by atoms with E-state index in [1.54, 1.807) is 17.8 Å². The first-order chi connectivity index (χ1) is 6.59. The van der Waals surface area contributed by atoms with Gasteiger partial charge in [-0.25, -0.2) is 4.79 Å². The lowest BCUT2D eigenvalue weighted by Crippen LogP contribution is -1.99. The lowest BCUT2D eigenvalue weighted by molar-refractivity contribution is 0.0691. The molecule has 0 fully saturated rings. The van der Waals surface area contributed by atoms with Gasteiger partial charge in [-0.2, -0.15) is 5.10 Å². The molecule has 0 aliphatic heterocycles. The van der Waals surface area contributed by atoms with Crippen LogP contribution < -0.4 is 0 Å². The Hall–Kier alpha value is -1.36. The summed E-state index contributed by atoms with van der Waals surface area (Å²) in [6.45, 7) is 0. The Bertz CT molecular complexity index is 519. The zero-order chi connectivity index (χ0) is 10.3. The molecule has 0 radical (unpaired) electrons. The molecule has 2 aromatic rings. The highest BCUT2D eigenvalue weighted by Crippen LogP contribution is 2.22. The van der Waals surface area contributed by atoms with Crippen LogP contribution >= 0.6 is 15.9 Å². The van der Waals surface area contributed by atoms with E-state index in [2.05, 4.69) is 21.0 Å². The van der Waals surface area contributed by atoms with Crippen molar-refractivity contribution < 1.29 is 9.90 Å². The van der Waals surface area contributed by atoms with Crippen molar-refractivity contribution in [1.29, 1.82) is 0 Å². The third kappa shape index (κ3) is 1.29. The van der Waals surface area contributed by atoms with Gasteiger partial charge < -0.3 is 5.11 Å². The van der Waals surface area contributed by atoms with Crippen LogP contribution in [0, 0.1) is 0 Å². The SMILES string of the molecule is Cn1nc(C(=O)O)c2cc(Br)ccc21. The van der Waals surface area contributed by atoms with Gasteiger partial charge in [0.15, 0.2) is 5.69 Å². The molecule has 2 rings (SSSR count). The van der Waals surface area contributed by atoms with Crippen LogP contribution in [0.25, 0.3) is 10.9 Å². The molecule has 1 aromatic carbocycles. The van der Waals surface area contributed by atoms with Crippen molar-refractivity contribution in [2.24, 2.45) is 7.05 Å². The normalized spacial score (nSPS) is 10.7. The first kappa shape index (κ1) is 9.21. The van der Waals surface area contributed by atoms with Gasteiger partial charge in [0.05, 0.1) is 5.52 Å². The monoisotopic (exact) mass is 254 g/mol. The second-order valence-corrected chi connectivity index (χ2v) is 3.85. The van der Waals surface area contributed by atoms with Gasteiger partial charge >= 0.3 is 5.97 Å². The summed E-state index contributed by atoms with van der Waals surface area (Å²) in [4.78, 5) is 10.8. The van der Waals surface area contributed by atoms with Crippen LogP contribution in [0.3, 0.4) is 0 Å². The number of hydrogen-bond donors (Lipinski definition) is 1. The minimum atomic E-state index is -1.01. The molecule has 1 heterocycles. The zero-order valence-corrected chi connectivity index (χ0v) is 8.95. The van der Waals surface area contributed by atoms with E-state index in [0.29, 0.717) is 5.39 Å². The number of nitrogens with zero attached hydrogens (tertiary/aromatic N) is 2. The van der Waals surface area contributed by atoms with E-state index < -0.39 is 5.97 Å². The van der Waals surface area contributed by atoms with Crippen LogP contribution in [-0.2, 0) is 7.05 Å². The van der Waals surface area contributed by atoms with Crippen molar-refractivity contribution >= 4 is 32.8 Å². The zero-order valence-electron chi connectivity index (χ0n) is 7.36. The summed E-state index contributed by atoms with van der Waals surface area (Å²) >= 11 is 3.29. The molecular formula is C9H7BrN2O2. The number of rotatable bonds is 1. The first-order valence-corrected chi connectivity index (χ1v) is 4.74. The molecule has 0 unspecified atom stereocenters. The third-order valence-electron chi connectivity index (χ3n) is 2.01. The summed E-state index contributed by atoms with van der Waals surface area (Å²) < 4.78 is 2.41. The van der Waals surface area contributed by atoms with Crippen molar-refractivity contribution in [3.63, 3.8) is 0 Å². The largest absolute Gasteiger partial charge is 0.476 e. The fourth-order valence-electron chi connectivity index (χ4n) is 1.40. The van der Waals surface area contributed by atoms with E-state index in [9.17, 15) is 4.79 Å². The van der Waals surface area contributed by atoms with E-state index in [0.717, 1.165) is 9.99 Å². The second-order valence-electron chi connectivity index (χ2n) is 2.94. The lowest BCUT2D eigenvalue weighted by atomic mass is 10.2. The smallest absolute Gasteiger partial charge is 0.357 e. The minimum Gasteiger partial charge on any atom is -0.476 e. The number of fused-ring (bicyclic) bond motifs is 1. The number of carboxylic acids is 1. The summed E-state index contributed by atoms with van der Waals surface area (Å²) in [6, 6.07) is 5.44. The maximum Gasteiger partial charge on any atom is 0.357 e. The summed E-state index contributed by atoms with van der Waals surface area (Å²) in [5, 5.41) is 13.5. The Morgan fingerprint density at radius 2 is 2.29 bits per heavy atom. The number of aromatic nitrogens is 2. The number of benzene rings is 1. The summed E-state index contributed by atoms with van der Waals surface area (Å²) in [5.41, 5.74) is 0.898. The molecule has 0 bridgehead atoms. The van der Waals surface area contributed by atoms with E-state index in [-0.39, 0.29) is 5.69 Å². The molecule has 14 heavy (non-hydrogen) atoms. The molecule has 5 heteroatoms. The van der Waals surface area contributed by atoms with E-state index in [1.807, 2.05) is 12.1 Å². The quantitative estimate of drug-likeness (QED) is 0.848. The maximum absolute atomic E-state index is 10.8. The molecule has 0 saturated carbocycles. The standard InChI is InChI=1S/C9H7BrN2O2/c1-12-7-3-2-5(10)4-6(7)8(11-12)9(13)14/h2-4H,1H3,(H,13,14). The molecule has 0 amide bonds. The second kappa shape index (κ2) is 3.09. The molecular weight excluding hydrogens is 248 g/mol. The van der Waals surface area contributed by atoms with Crippen molar-refractivity contribution in [3.8, 4) is 0 Å². The third-order valence-corrected chi connectivity index (χ3v) is 2.51. The Morgan fingerprint density at radius 1 is 1.57 bits per heavy atom. The number of carboxylic acid groups (broad SMARTS) is 1. The van der Waals surface area contributed by atoms with Crippen molar-refractivity contribution in [2.45, 2.75) is 0 Å². The van der Waals surface area contributed by atoms with Crippen LogP contribution in [0.15, 0.2) is 22.7 Å². The minimum absolute atomic E-state index is 0.0869. The predicted molar refractivity (Wildman–Crippen MR) is 55.4 cm³/mol.